The summed E-state index contributed by atoms with van der Waals surface area (Å²) in [5, 5.41) is 4.19. The smallest absolute Gasteiger partial charge is 0.0408 e. The molecule has 0 unspecified atom stereocenters. The zero-order valence-corrected chi connectivity index (χ0v) is 9.85. The molecule has 0 aliphatic carbocycles. The highest BCUT2D eigenvalue weighted by Gasteiger charge is 2.10. The Bertz CT molecular complexity index is 332. The molecule has 0 radical (unpaired) electrons. The Labute approximate surface area is 96.2 Å². The zero-order chi connectivity index (χ0) is 10.7. The zero-order valence-electron chi connectivity index (χ0n) is 9.09. The lowest BCUT2D eigenvalue weighted by Gasteiger charge is -2.27. The Balaban J connectivity index is 2.03. The van der Waals surface area contributed by atoms with E-state index in [0.717, 1.165) is 37.7 Å². The van der Waals surface area contributed by atoms with Crippen molar-refractivity contribution in [2.24, 2.45) is 0 Å². The lowest BCUT2D eigenvalue weighted by atomic mass is 10.1. The minimum absolute atomic E-state index is 0.830. The SMILES string of the molecule is Cc1cc(Cl)ccc1CN1CCNCC1. The number of hydrogen-bond acceptors (Lipinski definition) is 2. The van der Waals surface area contributed by atoms with Crippen LogP contribution in [-0.4, -0.2) is 31.1 Å². The summed E-state index contributed by atoms with van der Waals surface area (Å²) in [6, 6.07) is 6.16. The fourth-order valence-corrected chi connectivity index (χ4v) is 2.17. The third kappa shape index (κ3) is 2.94. The second-order valence-electron chi connectivity index (χ2n) is 4.10. The van der Waals surface area contributed by atoms with Gasteiger partial charge in [0.25, 0.3) is 0 Å². The first-order valence-electron chi connectivity index (χ1n) is 5.44. The molecular weight excluding hydrogens is 208 g/mol. The molecule has 0 atom stereocenters. The van der Waals surface area contributed by atoms with Crippen LogP contribution in [0.15, 0.2) is 18.2 Å². The van der Waals surface area contributed by atoms with E-state index in [1.165, 1.54) is 11.1 Å². The highest BCUT2D eigenvalue weighted by Crippen LogP contribution is 2.16. The minimum Gasteiger partial charge on any atom is -0.314 e. The standard InChI is InChI=1S/C12H17ClN2/c1-10-8-12(13)3-2-11(10)9-15-6-4-14-5-7-15/h2-3,8,14H,4-7,9H2,1H3. The Morgan fingerprint density at radius 1 is 1.33 bits per heavy atom. The quantitative estimate of drug-likeness (QED) is 0.828. The van der Waals surface area contributed by atoms with Crippen molar-refractivity contribution in [3.05, 3.63) is 34.3 Å². The van der Waals surface area contributed by atoms with Crippen molar-refractivity contribution in [3.8, 4) is 0 Å². The molecule has 0 bridgehead atoms. The van der Waals surface area contributed by atoms with Crippen molar-refractivity contribution in [1.29, 1.82) is 0 Å². The molecule has 2 rings (SSSR count). The molecule has 1 aromatic carbocycles. The minimum atomic E-state index is 0.830. The van der Waals surface area contributed by atoms with E-state index in [-0.39, 0.29) is 0 Å². The highest BCUT2D eigenvalue weighted by molar-refractivity contribution is 6.30. The summed E-state index contributed by atoms with van der Waals surface area (Å²) in [6.45, 7) is 7.66. The van der Waals surface area contributed by atoms with Crippen LogP contribution in [0.5, 0.6) is 0 Å². The van der Waals surface area contributed by atoms with Gasteiger partial charge in [-0.05, 0) is 30.2 Å². The Hall–Kier alpha value is -0.570. The first kappa shape index (κ1) is 10.9. The van der Waals surface area contributed by atoms with Gasteiger partial charge in [-0.25, -0.2) is 0 Å². The molecule has 1 fully saturated rings. The summed E-state index contributed by atoms with van der Waals surface area (Å²) in [7, 11) is 0. The summed E-state index contributed by atoms with van der Waals surface area (Å²) in [6.07, 6.45) is 0. The number of rotatable bonds is 2. The van der Waals surface area contributed by atoms with Gasteiger partial charge in [0, 0.05) is 37.7 Å². The van der Waals surface area contributed by atoms with Crippen LogP contribution in [0.25, 0.3) is 0 Å². The van der Waals surface area contributed by atoms with Crippen molar-refractivity contribution < 1.29 is 0 Å². The molecule has 2 nitrogen and oxygen atoms in total. The van der Waals surface area contributed by atoms with E-state index in [9.17, 15) is 0 Å². The number of halogens is 1. The van der Waals surface area contributed by atoms with Crippen molar-refractivity contribution in [2.75, 3.05) is 26.2 Å². The lowest BCUT2D eigenvalue weighted by molar-refractivity contribution is 0.233. The molecule has 1 aliphatic heterocycles. The van der Waals surface area contributed by atoms with Gasteiger partial charge in [0.15, 0.2) is 0 Å². The number of piperazine rings is 1. The normalized spacial score (nSPS) is 18.0. The molecule has 0 aromatic heterocycles. The monoisotopic (exact) mass is 224 g/mol. The van der Waals surface area contributed by atoms with Crippen LogP contribution >= 0.6 is 11.6 Å². The van der Waals surface area contributed by atoms with Crippen molar-refractivity contribution in [3.63, 3.8) is 0 Å². The predicted molar refractivity (Wildman–Crippen MR) is 64.3 cm³/mol. The maximum atomic E-state index is 5.94. The van der Waals surface area contributed by atoms with E-state index in [0.29, 0.717) is 0 Å². The van der Waals surface area contributed by atoms with Gasteiger partial charge in [0.1, 0.15) is 0 Å². The summed E-state index contributed by atoms with van der Waals surface area (Å²) in [5.41, 5.74) is 2.68. The molecule has 3 heteroatoms. The predicted octanol–water partition coefficient (Wildman–Crippen LogP) is 2.05. The summed E-state index contributed by atoms with van der Waals surface area (Å²) < 4.78 is 0. The third-order valence-corrected chi connectivity index (χ3v) is 3.14. The van der Waals surface area contributed by atoms with Crippen LogP contribution < -0.4 is 5.32 Å². The molecule has 82 valence electrons. The van der Waals surface area contributed by atoms with Gasteiger partial charge in [-0.3, -0.25) is 4.90 Å². The van der Waals surface area contributed by atoms with Crippen LogP contribution in [0.4, 0.5) is 0 Å². The van der Waals surface area contributed by atoms with E-state index in [1.54, 1.807) is 0 Å². The average molecular weight is 225 g/mol. The molecule has 0 amide bonds. The molecule has 0 saturated carbocycles. The number of aryl methyl sites for hydroxylation is 1. The molecule has 1 aromatic rings. The molecule has 0 spiro atoms. The second kappa shape index (κ2) is 4.97. The van der Waals surface area contributed by atoms with Gasteiger partial charge in [0.05, 0.1) is 0 Å². The van der Waals surface area contributed by atoms with Gasteiger partial charge in [-0.1, -0.05) is 17.7 Å². The Morgan fingerprint density at radius 3 is 2.73 bits per heavy atom. The van der Waals surface area contributed by atoms with Crippen LogP contribution in [0.2, 0.25) is 5.02 Å². The molecule has 1 saturated heterocycles. The van der Waals surface area contributed by atoms with E-state index < -0.39 is 0 Å². The Morgan fingerprint density at radius 2 is 2.07 bits per heavy atom. The van der Waals surface area contributed by atoms with Gasteiger partial charge in [-0.15, -0.1) is 0 Å². The maximum absolute atomic E-state index is 5.94. The number of hydrogen-bond donors (Lipinski definition) is 1. The van der Waals surface area contributed by atoms with E-state index in [1.807, 2.05) is 12.1 Å². The number of benzene rings is 1. The molecule has 1 heterocycles. The van der Waals surface area contributed by atoms with Crippen molar-refractivity contribution in [2.45, 2.75) is 13.5 Å². The fourth-order valence-electron chi connectivity index (χ4n) is 1.95. The van der Waals surface area contributed by atoms with Gasteiger partial charge in [-0.2, -0.15) is 0 Å². The van der Waals surface area contributed by atoms with Crippen molar-refractivity contribution >= 4 is 11.6 Å². The highest BCUT2D eigenvalue weighted by atomic mass is 35.5. The van der Waals surface area contributed by atoms with Gasteiger partial charge >= 0.3 is 0 Å². The van der Waals surface area contributed by atoms with E-state index in [2.05, 4.69) is 23.2 Å². The Kier molecular flexibility index (Phi) is 3.62. The van der Waals surface area contributed by atoms with Crippen molar-refractivity contribution in [1.82, 2.24) is 10.2 Å². The molecular formula is C12H17ClN2. The van der Waals surface area contributed by atoms with E-state index in [4.69, 9.17) is 11.6 Å². The van der Waals surface area contributed by atoms with Crippen LogP contribution in [0, 0.1) is 6.92 Å². The largest absolute Gasteiger partial charge is 0.314 e. The summed E-state index contributed by atoms with van der Waals surface area (Å²) in [5.74, 6) is 0. The molecule has 1 aliphatic rings. The number of nitrogens with zero attached hydrogens (tertiary/aromatic N) is 1. The maximum Gasteiger partial charge on any atom is 0.0408 e. The van der Waals surface area contributed by atoms with Crippen LogP contribution in [0.3, 0.4) is 0 Å². The lowest BCUT2D eigenvalue weighted by Crippen LogP contribution is -2.42. The van der Waals surface area contributed by atoms with Crippen LogP contribution in [-0.2, 0) is 6.54 Å². The number of nitrogens with one attached hydrogen (secondary N) is 1. The summed E-state index contributed by atoms with van der Waals surface area (Å²) >= 11 is 5.94. The second-order valence-corrected chi connectivity index (χ2v) is 4.53. The fraction of sp³-hybridized carbons (Fsp3) is 0.500. The van der Waals surface area contributed by atoms with E-state index >= 15 is 0 Å². The molecule has 1 N–H and O–H groups in total. The summed E-state index contributed by atoms with van der Waals surface area (Å²) in [4.78, 5) is 2.48. The molecule has 15 heavy (non-hydrogen) atoms. The average Bonchev–Trinajstić information content (AvgIpc) is 2.24. The first-order chi connectivity index (χ1) is 7.25. The topological polar surface area (TPSA) is 15.3 Å². The van der Waals surface area contributed by atoms with Gasteiger partial charge < -0.3 is 5.32 Å². The first-order valence-corrected chi connectivity index (χ1v) is 5.81. The van der Waals surface area contributed by atoms with Crippen LogP contribution in [0.1, 0.15) is 11.1 Å². The van der Waals surface area contributed by atoms with Gasteiger partial charge in [0.2, 0.25) is 0 Å². The third-order valence-electron chi connectivity index (χ3n) is 2.91.